The van der Waals surface area contributed by atoms with Crippen molar-refractivity contribution in [3.8, 4) is 11.5 Å². The summed E-state index contributed by atoms with van der Waals surface area (Å²) in [6, 6.07) is 5.33. The maximum Gasteiger partial charge on any atom is 0.259 e. The summed E-state index contributed by atoms with van der Waals surface area (Å²) in [5.74, 6) is 1.10. The van der Waals surface area contributed by atoms with E-state index in [0.29, 0.717) is 47.5 Å². The minimum Gasteiger partial charge on any atom is -0.486 e. The fraction of sp³-hybridized carbons (Fsp3) is 0.312. The predicted molar refractivity (Wildman–Crippen MR) is 88.6 cm³/mol. The Morgan fingerprint density at radius 2 is 2.09 bits per heavy atom. The Morgan fingerprint density at radius 1 is 1.30 bits per heavy atom. The average molecular weight is 331 g/mol. The minimum absolute atomic E-state index is 0.230. The van der Waals surface area contributed by atoms with Crippen LogP contribution in [0.15, 0.2) is 29.6 Å². The number of carbonyl (C=O) groups excluding carboxylic acids is 1. The van der Waals surface area contributed by atoms with Crippen molar-refractivity contribution in [1.29, 1.82) is 0 Å². The molecule has 0 atom stereocenters. The van der Waals surface area contributed by atoms with Crippen LogP contribution in [0.5, 0.6) is 11.5 Å². The van der Waals surface area contributed by atoms with Gasteiger partial charge in [0.25, 0.3) is 5.91 Å². The van der Waals surface area contributed by atoms with Crippen LogP contribution in [0.25, 0.3) is 0 Å². The van der Waals surface area contributed by atoms with Crippen LogP contribution < -0.4 is 14.8 Å². The molecule has 1 aliphatic rings. The molecule has 1 N–H and O–H groups in total. The van der Waals surface area contributed by atoms with Crippen LogP contribution in [0.1, 0.15) is 23.0 Å². The van der Waals surface area contributed by atoms with E-state index in [2.05, 4.69) is 15.3 Å². The first-order valence-corrected chi connectivity index (χ1v) is 8.54. The molecule has 0 saturated heterocycles. The van der Waals surface area contributed by atoms with Crippen molar-refractivity contribution < 1.29 is 14.3 Å². The van der Waals surface area contributed by atoms with Gasteiger partial charge in [-0.2, -0.15) is 0 Å². The molecule has 0 aliphatic carbocycles. The molecule has 23 heavy (non-hydrogen) atoms. The summed E-state index contributed by atoms with van der Waals surface area (Å²) < 4.78 is 11.0. The second-order valence-corrected chi connectivity index (χ2v) is 5.66. The van der Waals surface area contributed by atoms with Crippen LogP contribution in [-0.2, 0) is 6.42 Å². The van der Waals surface area contributed by atoms with Gasteiger partial charge in [-0.05, 0) is 24.8 Å². The summed E-state index contributed by atoms with van der Waals surface area (Å²) in [5, 5.41) is 3.52. The molecule has 0 spiro atoms. The number of ether oxygens (including phenoxy) is 2. The summed E-state index contributed by atoms with van der Waals surface area (Å²) in [6.07, 6.45) is 4.15. The van der Waals surface area contributed by atoms with Crippen LogP contribution in [0.2, 0.25) is 0 Å². The molecule has 0 radical (unpaired) electrons. The Bertz CT molecular complexity index is 737. The molecule has 2 aromatic rings. The van der Waals surface area contributed by atoms with Gasteiger partial charge in [0.1, 0.15) is 13.2 Å². The van der Waals surface area contributed by atoms with Crippen molar-refractivity contribution >= 4 is 23.4 Å². The molecule has 7 heteroatoms. The van der Waals surface area contributed by atoms with Crippen LogP contribution >= 0.6 is 11.8 Å². The van der Waals surface area contributed by atoms with E-state index in [1.165, 1.54) is 11.8 Å². The number of fused-ring (bicyclic) bond motifs is 1. The summed E-state index contributed by atoms with van der Waals surface area (Å²) in [5.41, 5.74) is 1.87. The molecule has 1 aromatic heterocycles. The zero-order valence-electron chi connectivity index (χ0n) is 13.0. The number of nitrogens with zero attached hydrogens (tertiary/aromatic N) is 2. The normalized spacial score (nSPS) is 12.8. The second-order valence-electron chi connectivity index (χ2n) is 4.88. The van der Waals surface area contributed by atoms with E-state index in [4.69, 9.17) is 9.47 Å². The van der Waals surface area contributed by atoms with Gasteiger partial charge >= 0.3 is 0 Å². The predicted octanol–water partition coefficient (Wildman–Crippen LogP) is 2.78. The van der Waals surface area contributed by atoms with Crippen molar-refractivity contribution in [2.24, 2.45) is 0 Å². The van der Waals surface area contributed by atoms with E-state index >= 15 is 0 Å². The Kier molecular flexibility index (Phi) is 4.66. The number of nitrogens with one attached hydrogen (secondary N) is 1. The van der Waals surface area contributed by atoms with Gasteiger partial charge in [-0.3, -0.25) is 4.79 Å². The molecule has 120 valence electrons. The molecule has 0 unspecified atom stereocenters. The molecular formula is C16H17N3O3S. The number of hydrogen-bond acceptors (Lipinski definition) is 6. The molecule has 6 nitrogen and oxygen atoms in total. The highest BCUT2D eigenvalue weighted by Crippen LogP contribution is 2.32. The monoisotopic (exact) mass is 331 g/mol. The highest BCUT2D eigenvalue weighted by Gasteiger charge is 2.16. The number of amides is 1. The number of carbonyl (C=O) groups is 1. The Labute approximate surface area is 138 Å². The van der Waals surface area contributed by atoms with E-state index < -0.39 is 0 Å². The quantitative estimate of drug-likeness (QED) is 0.686. The van der Waals surface area contributed by atoms with Gasteiger partial charge in [0.2, 0.25) is 0 Å². The number of aryl methyl sites for hydroxylation is 1. The van der Waals surface area contributed by atoms with E-state index in [1.54, 1.807) is 24.4 Å². The lowest BCUT2D eigenvalue weighted by Gasteiger charge is -2.19. The molecule has 0 bridgehead atoms. The van der Waals surface area contributed by atoms with Gasteiger partial charge < -0.3 is 14.8 Å². The van der Waals surface area contributed by atoms with Crippen LogP contribution in [-0.4, -0.2) is 35.3 Å². The van der Waals surface area contributed by atoms with Gasteiger partial charge in [0.15, 0.2) is 16.7 Å². The first-order valence-electron chi connectivity index (χ1n) is 7.32. The first-order chi connectivity index (χ1) is 11.2. The van der Waals surface area contributed by atoms with Crippen LogP contribution in [0, 0.1) is 0 Å². The number of thioether (sulfide) groups is 1. The number of hydrogen-bond donors (Lipinski definition) is 1. The molecule has 3 rings (SSSR count). The fourth-order valence-corrected chi connectivity index (χ4v) is 2.64. The van der Waals surface area contributed by atoms with Gasteiger partial charge in [-0.15, -0.1) is 0 Å². The van der Waals surface area contributed by atoms with Crippen molar-refractivity contribution in [2.45, 2.75) is 18.5 Å². The van der Waals surface area contributed by atoms with Crippen LogP contribution in [0.3, 0.4) is 0 Å². The largest absolute Gasteiger partial charge is 0.486 e. The molecule has 1 aromatic carbocycles. The lowest BCUT2D eigenvalue weighted by molar-refractivity contribution is 0.102. The number of benzene rings is 1. The highest BCUT2D eigenvalue weighted by molar-refractivity contribution is 7.98. The number of aromatic nitrogens is 2. The third-order valence-electron chi connectivity index (χ3n) is 3.41. The lowest BCUT2D eigenvalue weighted by atomic mass is 10.1. The third-order valence-corrected chi connectivity index (χ3v) is 3.97. The Hall–Kier alpha value is -2.28. The maximum absolute atomic E-state index is 12.5. The van der Waals surface area contributed by atoms with Gasteiger partial charge in [-0.25, -0.2) is 9.97 Å². The third kappa shape index (κ3) is 3.39. The van der Waals surface area contributed by atoms with E-state index in [9.17, 15) is 4.79 Å². The molecule has 1 aliphatic heterocycles. The van der Waals surface area contributed by atoms with Crippen molar-refractivity contribution in [3.05, 3.63) is 35.7 Å². The van der Waals surface area contributed by atoms with Gasteiger partial charge in [0.05, 0.1) is 11.3 Å². The number of rotatable bonds is 4. The summed E-state index contributed by atoms with van der Waals surface area (Å²) >= 11 is 1.45. The molecule has 1 amide bonds. The van der Waals surface area contributed by atoms with Crippen molar-refractivity contribution in [2.75, 3.05) is 24.8 Å². The zero-order valence-corrected chi connectivity index (χ0v) is 13.8. The minimum atomic E-state index is -0.230. The smallest absolute Gasteiger partial charge is 0.259 e. The second kappa shape index (κ2) is 6.87. The SMILES string of the molecule is CCc1nc(SC)ncc1C(=O)Nc1ccc2c(c1)OCCO2. The van der Waals surface area contributed by atoms with Crippen LogP contribution in [0.4, 0.5) is 5.69 Å². The fourth-order valence-electron chi connectivity index (χ4n) is 2.28. The topological polar surface area (TPSA) is 73.3 Å². The summed E-state index contributed by atoms with van der Waals surface area (Å²) in [6.45, 7) is 3.01. The van der Waals surface area contributed by atoms with Crippen molar-refractivity contribution in [1.82, 2.24) is 9.97 Å². The molecule has 0 saturated carbocycles. The van der Waals surface area contributed by atoms with E-state index in [1.807, 2.05) is 13.2 Å². The lowest BCUT2D eigenvalue weighted by Crippen LogP contribution is -2.18. The highest BCUT2D eigenvalue weighted by atomic mass is 32.2. The van der Waals surface area contributed by atoms with Gasteiger partial charge in [-0.1, -0.05) is 18.7 Å². The average Bonchev–Trinajstić information content (AvgIpc) is 2.60. The summed E-state index contributed by atoms with van der Waals surface area (Å²) in [7, 11) is 0. The number of anilines is 1. The Balaban J connectivity index is 1.81. The first kappa shape index (κ1) is 15.6. The molecule has 2 heterocycles. The zero-order chi connectivity index (χ0) is 16.2. The standard InChI is InChI=1S/C16H17N3O3S/c1-3-12-11(9-17-16(19-12)23-2)15(20)18-10-4-5-13-14(8-10)22-7-6-21-13/h4-5,8-9H,3,6-7H2,1-2H3,(H,18,20). The molecular weight excluding hydrogens is 314 g/mol. The summed E-state index contributed by atoms with van der Waals surface area (Å²) in [4.78, 5) is 21.1. The van der Waals surface area contributed by atoms with E-state index in [0.717, 1.165) is 5.69 Å². The van der Waals surface area contributed by atoms with E-state index in [-0.39, 0.29) is 5.91 Å². The van der Waals surface area contributed by atoms with Crippen molar-refractivity contribution in [3.63, 3.8) is 0 Å². The maximum atomic E-state index is 12.5. The Morgan fingerprint density at radius 3 is 2.83 bits per heavy atom. The molecule has 0 fully saturated rings. The van der Waals surface area contributed by atoms with Gasteiger partial charge in [0, 0.05) is 18.0 Å².